The van der Waals surface area contributed by atoms with E-state index in [-0.39, 0.29) is 11.4 Å². The van der Waals surface area contributed by atoms with Gasteiger partial charge in [-0.15, -0.1) is 11.3 Å². The molecule has 0 unspecified atom stereocenters. The molecule has 23 heavy (non-hydrogen) atoms. The van der Waals surface area contributed by atoms with Crippen molar-refractivity contribution in [2.24, 2.45) is 0 Å². The Bertz CT molecular complexity index is 852. The van der Waals surface area contributed by atoms with Crippen molar-refractivity contribution in [3.8, 4) is 0 Å². The van der Waals surface area contributed by atoms with Crippen LogP contribution >= 0.6 is 27.3 Å². The minimum Gasteiger partial charge on any atom is -0.345 e. The van der Waals surface area contributed by atoms with Crippen molar-refractivity contribution in [2.45, 2.75) is 31.2 Å². The molecule has 2 N–H and O–H groups in total. The molecule has 3 aromatic heterocycles. The van der Waals surface area contributed by atoms with Crippen LogP contribution < -0.4 is 5.32 Å². The summed E-state index contributed by atoms with van der Waals surface area (Å²) in [5.74, 6) is -0.0757. The van der Waals surface area contributed by atoms with Gasteiger partial charge in [0.25, 0.3) is 5.91 Å². The first kappa shape index (κ1) is 14.8. The van der Waals surface area contributed by atoms with Crippen LogP contribution in [-0.2, 0) is 5.54 Å². The van der Waals surface area contributed by atoms with Crippen LogP contribution in [0.5, 0.6) is 0 Å². The molecule has 0 atom stereocenters. The summed E-state index contributed by atoms with van der Waals surface area (Å²) in [5, 5.41) is 7.05. The molecule has 1 amide bonds. The maximum absolute atomic E-state index is 12.9. The van der Waals surface area contributed by atoms with Gasteiger partial charge in [-0.25, -0.2) is 9.97 Å². The fourth-order valence-electron chi connectivity index (χ4n) is 3.28. The monoisotopic (exact) mass is 390 g/mol. The highest BCUT2D eigenvalue weighted by Gasteiger charge is 2.39. The lowest BCUT2D eigenvalue weighted by atomic mass is 9.97. The van der Waals surface area contributed by atoms with Gasteiger partial charge >= 0.3 is 0 Å². The number of pyridine rings is 1. The number of amides is 1. The van der Waals surface area contributed by atoms with Crippen molar-refractivity contribution in [2.75, 3.05) is 0 Å². The second-order valence-corrected chi connectivity index (χ2v) is 7.64. The Balaban J connectivity index is 1.69. The third kappa shape index (κ3) is 2.57. The summed E-state index contributed by atoms with van der Waals surface area (Å²) in [6, 6.07) is 1.92. The maximum Gasteiger partial charge on any atom is 0.254 e. The molecule has 3 aromatic rings. The summed E-state index contributed by atoms with van der Waals surface area (Å²) in [4.78, 5) is 24.7. The number of aromatic nitrogens is 3. The Kier molecular flexibility index (Phi) is 3.69. The first-order valence-electron chi connectivity index (χ1n) is 7.53. The number of thiazole rings is 1. The third-order valence-corrected chi connectivity index (χ3v) is 5.80. The van der Waals surface area contributed by atoms with Gasteiger partial charge in [-0.1, -0.05) is 12.8 Å². The number of carbonyl (C=O) groups is 1. The fraction of sp³-hybridized carbons (Fsp3) is 0.312. The summed E-state index contributed by atoms with van der Waals surface area (Å²) in [6.45, 7) is 0. The molecule has 0 aromatic carbocycles. The van der Waals surface area contributed by atoms with Gasteiger partial charge in [0, 0.05) is 33.8 Å². The molecule has 1 aliphatic rings. The number of hydrogen-bond acceptors (Lipinski definition) is 4. The van der Waals surface area contributed by atoms with Crippen LogP contribution in [0.15, 0.2) is 34.5 Å². The summed E-state index contributed by atoms with van der Waals surface area (Å²) in [6.07, 6.45) is 9.35. The van der Waals surface area contributed by atoms with Crippen LogP contribution in [-0.4, -0.2) is 20.9 Å². The SMILES string of the molecule is O=C(NC1(c2nccs2)CCCC1)c1c[nH]c2ncc(Br)cc12. The molecule has 7 heteroatoms. The van der Waals surface area contributed by atoms with E-state index in [1.807, 2.05) is 11.4 Å². The molecule has 5 nitrogen and oxygen atoms in total. The number of nitrogens with zero attached hydrogens (tertiary/aromatic N) is 2. The fourth-order valence-corrected chi connectivity index (χ4v) is 4.47. The van der Waals surface area contributed by atoms with Crippen LogP contribution in [0.3, 0.4) is 0 Å². The Morgan fingerprint density at radius 2 is 2.17 bits per heavy atom. The van der Waals surface area contributed by atoms with E-state index in [0.717, 1.165) is 40.5 Å². The van der Waals surface area contributed by atoms with Crippen molar-refractivity contribution in [1.29, 1.82) is 0 Å². The molecule has 0 saturated heterocycles. The molecular weight excluding hydrogens is 376 g/mol. The largest absolute Gasteiger partial charge is 0.345 e. The lowest BCUT2D eigenvalue weighted by molar-refractivity contribution is 0.0900. The molecule has 4 rings (SSSR count). The molecule has 0 radical (unpaired) electrons. The highest BCUT2D eigenvalue weighted by molar-refractivity contribution is 9.10. The number of H-pyrrole nitrogens is 1. The Morgan fingerprint density at radius 1 is 1.35 bits per heavy atom. The van der Waals surface area contributed by atoms with Crippen molar-refractivity contribution in [1.82, 2.24) is 20.3 Å². The normalized spacial score (nSPS) is 16.7. The lowest BCUT2D eigenvalue weighted by Gasteiger charge is -2.28. The van der Waals surface area contributed by atoms with Gasteiger partial charge in [0.05, 0.1) is 11.1 Å². The second kappa shape index (κ2) is 5.72. The van der Waals surface area contributed by atoms with Crippen molar-refractivity contribution in [3.05, 3.63) is 45.1 Å². The predicted octanol–water partition coefficient (Wildman–Crippen LogP) is 3.98. The molecular formula is C16H15BrN4OS. The summed E-state index contributed by atoms with van der Waals surface area (Å²) >= 11 is 5.03. The van der Waals surface area contributed by atoms with E-state index in [1.165, 1.54) is 0 Å². The maximum atomic E-state index is 12.9. The summed E-state index contributed by atoms with van der Waals surface area (Å²) in [7, 11) is 0. The standard InChI is InChI=1S/C16H15BrN4OS/c17-10-7-11-12(9-20-13(11)19-8-10)14(22)21-16(3-1-2-4-16)15-18-5-6-23-15/h5-9H,1-4H2,(H,19,20)(H,21,22). The lowest BCUT2D eigenvalue weighted by Crippen LogP contribution is -2.43. The zero-order valence-electron chi connectivity index (χ0n) is 12.3. The average molecular weight is 391 g/mol. The number of aromatic amines is 1. The van der Waals surface area contributed by atoms with Crippen LogP contribution in [0.2, 0.25) is 0 Å². The quantitative estimate of drug-likeness (QED) is 0.710. The molecule has 1 aliphatic carbocycles. The van der Waals surface area contributed by atoms with E-state index in [2.05, 4.69) is 36.2 Å². The topological polar surface area (TPSA) is 70.7 Å². The summed E-state index contributed by atoms with van der Waals surface area (Å²) < 4.78 is 0.856. The van der Waals surface area contributed by atoms with Gasteiger partial charge in [0.1, 0.15) is 10.7 Å². The predicted molar refractivity (Wildman–Crippen MR) is 93.5 cm³/mol. The summed E-state index contributed by atoms with van der Waals surface area (Å²) in [5.41, 5.74) is 1.01. The van der Waals surface area contributed by atoms with E-state index >= 15 is 0 Å². The molecule has 118 valence electrons. The molecule has 0 bridgehead atoms. The van der Waals surface area contributed by atoms with Crippen LogP contribution in [0.1, 0.15) is 41.0 Å². The Labute approximate surface area is 145 Å². The molecule has 1 fully saturated rings. The first-order valence-corrected chi connectivity index (χ1v) is 9.20. The van der Waals surface area contributed by atoms with E-state index in [0.29, 0.717) is 11.2 Å². The number of hydrogen-bond donors (Lipinski definition) is 2. The number of halogens is 1. The zero-order chi connectivity index (χ0) is 15.9. The van der Waals surface area contributed by atoms with E-state index in [1.54, 1.807) is 29.9 Å². The molecule has 1 saturated carbocycles. The zero-order valence-corrected chi connectivity index (χ0v) is 14.7. The Morgan fingerprint density at radius 3 is 2.91 bits per heavy atom. The number of rotatable bonds is 3. The van der Waals surface area contributed by atoms with Gasteiger partial charge in [-0.2, -0.15) is 0 Å². The van der Waals surface area contributed by atoms with Crippen molar-refractivity contribution < 1.29 is 4.79 Å². The minimum atomic E-state index is -0.325. The third-order valence-electron chi connectivity index (χ3n) is 4.39. The molecule has 3 heterocycles. The van der Waals surface area contributed by atoms with E-state index < -0.39 is 0 Å². The van der Waals surface area contributed by atoms with Gasteiger partial charge in [-0.3, -0.25) is 4.79 Å². The Hall–Kier alpha value is -1.73. The highest BCUT2D eigenvalue weighted by atomic mass is 79.9. The van der Waals surface area contributed by atoms with E-state index in [4.69, 9.17) is 0 Å². The highest BCUT2D eigenvalue weighted by Crippen LogP contribution is 2.40. The van der Waals surface area contributed by atoms with Gasteiger partial charge in [-0.05, 0) is 34.8 Å². The number of fused-ring (bicyclic) bond motifs is 1. The number of carbonyl (C=O) groups excluding carboxylic acids is 1. The van der Waals surface area contributed by atoms with Gasteiger partial charge in [0.2, 0.25) is 0 Å². The van der Waals surface area contributed by atoms with Crippen LogP contribution in [0.25, 0.3) is 11.0 Å². The van der Waals surface area contributed by atoms with Crippen LogP contribution in [0.4, 0.5) is 0 Å². The minimum absolute atomic E-state index is 0.0757. The first-order chi connectivity index (χ1) is 11.2. The molecule has 0 aliphatic heterocycles. The van der Waals surface area contributed by atoms with Crippen molar-refractivity contribution in [3.63, 3.8) is 0 Å². The van der Waals surface area contributed by atoms with Gasteiger partial charge < -0.3 is 10.3 Å². The van der Waals surface area contributed by atoms with Crippen LogP contribution in [0, 0.1) is 0 Å². The smallest absolute Gasteiger partial charge is 0.254 e. The van der Waals surface area contributed by atoms with Gasteiger partial charge in [0.15, 0.2) is 0 Å². The van der Waals surface area contributed by atoms with E-state index in [9.17, 15) is 4.79 Å². The number of nitrogens with one attached hydrogen (secondary N) is 2. The van der Waals surface area contributed by atoms with Crippen molar-refractivity contribution >= 4 is 44.2 Å². The second-order valence-electron chi connectivity index (χ2n) is 5.83. The molecule has 0 spiro atoms. The average Bonchev–Trinajstić information content (AvgIpc) is 3.27.